The Hall–Kier alpha value is -1.84. The van der Waals surface area contributed by atoms with E-state index in [0.717, 1.165) is 6.42 Å². The Morgan fingerprint density at radius 2 is 1.77 bits per heavy atom. The van der Waals surface area contributed by atoms with Crippen LogP contribution < -0.4 is 5.32 Å². The molecule has 3 rings (SSSR count). The summed E-state index contributed by atoms with van der Waals surface area (Å²) in [5.41, 5.74) is 0.623. The molecule has 0 saturated heterocycles. The first-order chi connectivity index (χ1) is 10.7. The second kappa shape index (κ2) is 6.51. The summed E-state index contributed by atoms with van der Waals surface area (Å²) in [4.78, 5) is 23.8. The van der Waals surface area contributed by atoms with E-state index >= 15 is 0 Å². The summed E-state index contributed by atoms with van der Waals surface area (Å²) in [6.07, 6.45) is 7.26. The fourth-order valence-corrected chi connectivity index (χ4v) is 3.78. The van der Waals surface area contributed by atoms with Crippen LogP contribution in [-0.2, 0) is 9.59 Å². The molecule has 1 aromatic rings. The zero-order valence-corrected chi connectivity index (χ0v) is 12.7. The Balaban J connectivity index is 1.60. The Morgan fingerprint density at radius 1 is 1.09 bits per heavy atom. The number of hydrogen-bond donors (Lipinski definition) is 2. The van der Waals surface area contributed by atoms with Crippen molar-refractivity contribution in [2.45, 2.75) is 44.6 Å². The normalized spacial score (nSPS) is 26.2. The second-order valence-electron chi connectivity index (χ2n) is 6.59. The summed E-state index contributed by atoms with van der Waals surface area (Å²) in [7, 11) is 0. The fourth-order valence-electron chi connectivity index (χ4n) is 3.78. The van der Waals surface area contributed by atoms with Gasteiger partial charge in [-0.3, -0.25) is 4.79 Å². The van der Waals surface area contributed by atoms with Gasteiger partial charge in [0.1, 0.15) is 0 Å². The summed E-state index contributed by atoms with van der Waals surface area (Å²) < 4.78 is 0. The van der Waals surface area contributed by atoms with Crippen LogP contribution in [0, 0.1) is 17.8 Å². The highest BCUT2D eigenvalue weighted by molar-refractivity contribution is 5.87. The zero-order chi connectivity index (χ0) is 15.5. The first kappa shape index (κ1) is 15.1. The third kappa shape index (κ3) is 3.32. The molecular formula is C18H23NO3. The predicted octanol–water partition coefficient (Wildman–Crippen LogP) is 3.14. The average molecular weight is 301 g/mol. The molecule has 4 nitrogen and oxygen atoms in total. The van der Waals surface area contributed by atoms with Crippen LogP contribution in [0.3, 0.4) is 0 Å². The van der Waals surface area contributed by atoms with E-state index in [1.165, 1.54) is 32.1 Å². The number of nitrogens with one attached hydrogen (secondary N) is 1. The van der Waals surface area contributed by atoms with Gasteiger partial charge in [0.05, 0.1) is 0 Å². The van der Waals surface area contributed by atoms with Crippen LogP contribution in [0.5, 0.6) is 0 Å². The van der Waals surface area contributed by atoms with Crippen LogP contribution in [-0.4, -0.2) is 17.0 Å². The minimum atomic E-state index is -1.01. The number of rotatable bonds is 5. The average Bonchev–Trinajstić information content (AvgIpc) is 3.34. The number of amides is 1. The van der Waals surface area contributed by atoms with E-state index in [1.807, 2.05) is 6.07 Å². The molecule has 0 bridgehead atoms. The monoisotopic (exact) mass is 301 g/mol. The van der Waals surface area contributed by atoms with Gasteiger partial charge in [0.25, 0.3) is 0 Å². The summed E-state index contributed by atoms with van der Waals surface area (Å²) in [6.45, 7) is 0. The van der Waals surface area contributed by atoms with Gasteiger partial charge in [0.15, 0.2) is 6.04 Å². The molecule has 2 fully saturated rings. The van der Waals surface area contributed by atoms with Gasteiger partial charge in [-0.1, -0.05) is 62.4 Å². The third-order valence-corrected chi connectivity index (χ3v) is 5.10. The number of carbonyl (C=O) groups excluding carboxylic acids is 1. The lowest BCUT2D eigenvalue weighted by molar-refractivity contribution is -0.142. The number of carbonyl (C=O) groups is 2. The molecule has 1 aromatic carbocycles. The van der Waals surface area contributed by atoms with Gasteiger partial charge in [-0.05, 0) is 23.8 Å². The van der Waals surface area contributed by atoms with Crippen molar-refractivity contribution < 1.29 is 14.7 Å². The molecular weight excluding hydrogens is 278 g/mol. The lowest BCUT2D eigenvalue weighted by Gasteiger charge is -2.22. The number of carboxylic acid groups (broad SMARTS) is 1. The number of aliphatic carboxylic acids is 1. The SMILES string of the molecule is O=C(O)C(NC(=O)C1CC1C1CCCCC1)c1ccccc1. The molecule has 0 aromatic heterocycles. The van der Waals surface area contributed by atoms with Crippen molar-refractivity contribution in [3.8, 4) is 0 Å². The molecule has 3 unspecified atom stereocenters. The molecule has 118 valence electrons. The fraction of sp³-hybridized carbons (Fsp3) is 0.556. The molecule has 3 atom stereocenters. The maximum atomic E-state index is 12.4. The Bertz CT molecular complexity index is 537. The van der Waals surface area contributed by atoms with Crippen LogP contribution in [0.1, 0.15) is 50.1 Å². The summed E-state index contributed by atoms with van der Waals surface area (Å²) in [6, 6.07) is 7.96. The molecule has 22 heavy (non-hydrogen) atoms. The minimum Gasteiger partial charge on any atom is -0.479 e. The van der Waals surface area contributed by atoms with Crippen LogP contribution in [0.4, 0.5) is 0 Å². The van der Waals surface area contributed by atoms with Crippen molar-refractivity contribution in [1.82, 2.24) is 5.32 Å². The largest absolute Gasteiger partial charge is 0.479 e. The highest BCUT2D eigenvalue weighted by Crippen LogP contribution is 2.49. The highest BCUT2D eigenvalue weighted by atomic mass is 16.4. The molecule has 1 amide bonds. The van der Waals surface area contributed by atoms with Crippen molar-refractivity contribution >= 4 is 11.9 Å². The van der Waals surface area contributed by atoms with E-state index in [-0.39, 0.29) is 11.8 Å². The van der Waals surface area contributed by atoms with E-state index in [9.17, 15) is 14.7 Å². The topological polar surface area (TPSA) is 66.4 Å². The van der Waals surface area contributed by atoms with Crippen molar-refractivity contribution in [1.29, 1.82) is 0 Å². The highest BCUT2D eigenvalue weighted by Gasteiger charge is 2.48. The number of carboxylic acids is 1. The maximum absolute atomic E-state index is 12.4. The number of benzene rings is 1. The lowest BCUT2D eigenvalue weighted by Crippen LogP contribution is -2.35. The Labute approximate surface area is 130 Å². The van der Waals surface area contributed by atoms with Crippen LogP contribution >= 0.6 is 0 Å². The van der Waals surface area contributed by atoms with Crippen LogP contribution in [0.25, 0.3) is 0 Å². The van der Waals surface area contributed by atoms with E-state index in [0.29, 0.717) is 17.4 Å². The van der Waals surface area contributed by atoms with Gasteiger partial charge in [-0.15, -0.1) is 0 Å². The van der Waals surface area contributed by atoms with Gasteiger partial charge < -0.3 is 10.4 Å². The third-order valence-electron chi connectivity index (χ3n) is 5.10. The minimum absolute atomic E-state index is 0.0219. The van der Waals surface area contributed by atoms with E-state index < -0.39 is 12.0 Å². The van der Waals surface area contributed by atoms with Crippen LogP contribution in [0.2, 0.25) is 0 Å². The van der Waals surface area contributed by atoms with Crippen molar-refractivity contribution in [2.24, 2.45) is 17.8 Å². The molecule has 2 aliphatic carbocycles. The molecule has 2 N–H and O–H groups in total. The van der Waals surface area contributed by atoms with E-state index in [1.54, 1.807) is 24.3 Å². The summed E-state index contributed by atoms with van der Waals surface area (Å²) >= 11 is 0. The van der Waals surface area contributed by atoms with Crippen molar-refractivity contribution in [2.75, 3.05) is 0 Å². The molecule has 0 heterocycles. The number of hydrogen-bond acceptors (Lipinski definition) is 2. The molecule has 0 spiro atoms. The first-order valence-electron chi connectivity index (χ1n) is 8.25. The van der Waals surface area contributed by atoms with Gasteiger partial charge in [-0.25, -0.2) is 4.79 Å². The quantitative estimate of drug-likeness (QED) is 0.878. The van der Waals surface area contributed by atoms with Gasteiger partial charge in [0, 0.05) is 5.92 Å². The van der Waals surface area contributed by atoms with Gasteiger partial charge in [-0.2, -0.15) is 0 Å². The lowest BCUT2D eigenvalue weighted by atomic mass is 9.85. The van der Waals surface area contributed by atoms with Gasteiger partial charge >= 0.3 is 5.97 Å². The van der Waals surface area contributed by atoms with Crippen LogP contribution in [0.15, 0.2) is 30.3 Å². The zero-order valence-electron chi connectivity index (χ0n) is 12.7. The molecule has 0 radical (unpaired) electrons. The summed E-state index contributed by atoms with van der Waals surface area (Å²) in [5, 5.41) is 12.1. The standard InChI is InChI=1S/C18H23NO3/c20-17(15-11-14(15)12-7-3-1-4-8-12)19-16(18(21)22)13-9-5-2-6-10-13/h2,5-6,9-10,12,14-16H,1,3-4,7-8,11H2,(H,19,20)(H,21,22). The smallest absolute Gasteiger partial charge is 0.330 e. The molecule has 2 saturated carbocycles. The Morgan fingerprint density at radius 3 is 2.41 bits per heavy atom. The molecule has 2 aliphatic rings. The van der Waals surface area contributed by atoms with E-state index in [4.69, 9.17) is 0 Å². The predicted molar refractivity (Wildman–Crippen MR) is 83.1 cm³/mol. The molecule has 0 aliphatic heterocycles. The maximum Gasteiger partial charge on any atom is 0.330 e. The van der Waals surface area contributed by atoms with Gasteiger partial charge in [0.2, 0.25) is 5.91 Å². The van der Waals surface area contributed by atoms with Crippen molar-refractivity contribution in [3.05, 3.63) is 35.9 Å². The molecule has 4 heteroatoms. The first-order valence-corrected chi connectivity index (χ1v) is 8.25. The second-order valence-corrected chi connectivity index (χ2v) is 6.59. The summed E-state index contributed by atoms with van der Waals surface area (Å²) in [5.74, 6) is 0.0740. The Kier molecular flexibility index (Phi) is 4.46. The van der Waals surface area contributed by atoms with Crippen molar-refractivity contribution in [3.63, 3.8) is 0 Å². The van der Waals surface area contributed by atoms with E-state index in [2.05, 4.69) is 5.32 Å².